The van der Waals surface area contributed by atoms with Crippen LogP contribution in [-0.2, 0) is 4.79 Å². The molecule has 0 aliphatic carbocycles. The molecule has 0 radical (unpaired) electrons. The van der Waals surface area contributed by atoms with E-state index in [-0.39, 0.29) is 11.9 Å². The van der Waals surface area contributed by atoms with Crippen molar-refractivity contribution in [3.05, 3.63) is 10.9 Å². The fraction of sp³-hybridized carbons (Fsp3) is 0.500. The van der Waals surface area contributed by atoms with Gasteiger partial charge in [-0.2, -0.15) is 4.98 Å². The highest BCUT2D eigenvalue weighted by Crippen LogP contribution is 2.30. The number of thiophene rings is 1. The Hall–Kier alpha value is -1.89. The molecule has 1 aliphatic rings. The molecular weight excluding hydrogens is 286 g/mol. The van der Waals surface area contributed by atoms with Crippen molar-refractivity contribution in [3.8, 4) is 0 Å². The first kappa shape index (κ1) is 14.1. The summed E-state index contributed by atoms with van der Waals surface area (Å²) in [4.78, 5) is 23.1. The standard InChI is InChI=1S/C14H19N5OS/c1-3-15-14-18-11(9-7-8(2)21-13(9)19-14)17-10-5-4-6-16-12(10)20/h7,10H,3-6H2,1-2H3,(H,16,20)(H2,15,17,18,19). The lowest BCUT2D eigenvalue weighted by molar-refractivity contribution is -0.123. The van der Waals surface area contributed by atoms with Gasteiger partial charge in [0.15, 0.2) is 0 Å². The van der Waals surface area contributed by atoms with E-state index in [9.17, 15) is 4.79 Å². The van der Waals surface area contributed by atoms with Crippen molar-refractivity contribution in [3.63, 3.8) is 0 Å². The minimum Gasteiger partial charge on any atom is -0.358 e. The monoisotopic (exact) mass is 305 g/mol. The zero-order chi connectivity index (χ0) is 14.8. The Balaban J connectivity index is 1.96. The number of anilines is 2. The summed E-state index contributed by atoms with van der Waals surface area (Å²) in [6.45, 7) is 5.58. The maximum Gasteiger partial charge on any atom is 0.242 e. The van der Waals surface area contributed by atoms with E-state index in [4.69, 9.17) is 0 Å². The second kappa shape index (κ2) is 5.85. The Labute approximate surface area is 127 Å². The third-order valence-electron chi connectivity index (χ3n) is 3.45. The molecule has 2 aromatic rings. The van der Waals surface area contributed by atoms with Gasteiger partial charge in [-0.15, -0.1) is 11.3 Å². The van der Waals surface area contributed by atoms with Gasteiger partial charge in [-0.05, 0) is 32.8 Å². The van der Waals surface area contributed by atoms with Crippen LogP contribution in [0.2, 0.25) is 0 Å². The summed E-state index contributed by atoms with van der Waals surface area (Å²) in [6.07, 6.45) is 1.82. The zero-order valence-corrected chi connectivity index (χ0v) is 13.0. The lowest BCUT2D eigenvalue weighted by Crippen LogP contribution is -2.44. The van der Waals surface area contributed by atoms with Gasteiger partial charge >= 0.3 is 0 Å². The highest BCUT2D eigenvalue weighted by atomic mass is 32.1. The highest BCUT2D eigenvalue weighted by molar-refractivity contribution is 7.18. The van der Waals surface area contributed by atoms with E-state index < -0.39 is 0 Å². The third kappa shape index (κ3) is 2.92. The molecule has 0 aromatic carbocycles. The number of amides is 1. The van der Waals surface area contributed by atoms with Crippen molar-refractivity contribution in [2.24, 2.45) is 0 Å². The van der Waals surface area contributed by atoms with E-state index in [2.05, 4.69) is 38.9 Å². The molecule has 1 amide bonds. The predicted octanol–water partition coefficient (Wildman–Crippen LogP) is 2.12. The summed E-state index contributed by atoms with van der Waals surface area (Å²) in [5, 5.41) is 10.3. The van der Waals surface area contributed by atoms with Gasteiger partial charge < -0.3 is 16.0 Å². The van der Waals surface area contributed by atoms with Crippen LogP contribution in [0, 0.1) is 6.92 Å². The maximum absolute atomic E-state index is 11.9. The van der Waals surface area contributed by atoms with Gasteiger partial charge in [-0.1, -0.05) is 0 Å². The molecule has 0 bridgehead atoms. The topological polar surface area (TPSA) is 78.9 Å². The Kier molecular flexibility index (Phi) is 3.92. The first-order valence-corrected chi connectivity index (χ1v) is 8.05. The van der Waals surface area contributed by atoms with Crippen molar-refractivity contribution < 1.29 is 4.79 Å². The van der Waals surface area contributed by atoms with Gasteiger partial charge in [-0.25, -0.2) is 4.98 Å². The normalized spacial score (nSPS) is 18.6. The summed E-state index contributed by atoms with van der Waals surface area (Å²) in [6, 6.07) is 1.85. The second-order valence-corrected chi connectivity index (χ2v) is 6.37. The molecule has 3 rings (SSSR count). The van der Waals surface area contributed by atoms with Crippen molar-refractivity contribution in [2.75, 3.05) is 23.7 Å². The van der Waals surface area contributed by atoms with E-state index in [1.807, 2.05) is 6.92 Å². The number of nitrogens with one attached hydrogen (secondary N) is 3. The van der Waals surface area contributed by atoms with E-state index in [0.717, 1.165) is 42.0 Å². The number of piperidine rings is 1. The molecule has 1 fully saturated rings. The number of carbonyl (C=O) groups is 1. The molecule has 2 aromatic heterocycles. The molecule has 0 spiro atoms. The number of rotatable bonds is 4. The zero-order valence-electron chi connectivity index (χ0n) is 12.2. The quantitative estimate of drug-likeness (QED) is 0.806. The van der Waals surface area contributed by atoms with E-state index in [1.165, 1.54) is 4.88 Å². The molecule has 1 saturated heterocycles. The summed E-state index contributed by atoms with van der Waals surface area (Å²) in [5.74, 6) is 1.39. The molecule has 1 unspecified atom stereocenters. The summed E-state index contributed by atoms with van der Waals surface area (Å²) in [5.41, 5.74) is 0. The predicted molar refractivity (Wildman–Crippen MR) is 86.0 cm³/mol. The number of nitrogens with zero attached hydrogens (tertiary/aromatic N) is 2. The van der Waals surface area contributed by atoms with Crippen LogP contribution in [0.3, 0.4) is 0 Å². The smallest absolute Gasteiger partial charge is 0.242 e. The lowest BCUT2D eigenvalue weighted by Gasteiger charge is -2.23. The van der Waals surface area contributed by atoms with E-state index in [0.29, 0.717) is 5.95 Å². The number of fused-ring (bicyclic) bond motifs is 1. The Morgan fingerprint density at radius 2 is 2.33 bits per heavy atom. The summed E-state index contributed by atoms with van der Waals surface area (Å²) < 4.78 is 0. The summed E-state index contributed by atoms with van der Waals surface area (Å²) in [7, 11) is 0. The SMILES string of the molecule is CCNc1nc(NC2CCCNC2=O)c2cc(C)sc2n1. The molecule has 3 N–H and O–H groups in total. The number of hydrogen-bond donors (Lipinski definition) is 3. The number of aromatic nitrogens is 2. The largest absolute Gasteiger partial charge is 0.358 e. The van der Waals surface area contributed by atoms with Gasteiger partial charge in [0.1, 0.15) is 16.7 Å². The molecule has 1 aliphatic heterocycles. The van der Waals surface area contributed by atoms with Crippen molar-refractivity contribution >= 4 is 39.2 Å². The maximum atomic E-state index is 11.9. The minimum absolute atomic E-state index is 0.0463. The van der Waals surface area contributed by atoms with Crippen LogP contribution in [0.25, 0.3) is 10.2 Å². The Morgan fingerprint density at radius 3 is 3.10 bits per heavy atom. The van der Waals surface area contributed by atoms with Crippen LogP contribution in [0.5, 0.6) is 0 Å². The van der Waals surface area contributed by atoms with Gasteiger partial charge in [0.05, 0.1) is 5.39 Å². The second-order valence-electron chi connectivity index (χ2n) is 5.13. The fourth-order valence-electron chi connectivity index (χ4n) is 2.46. The summed E-state index contributed by atoms with van der Waals surface area (Å²) >= 11 is 1.64. The fourth-order valence-corrected chi connectivity index (χ4v) is 3.34. The first-order valence-electron chi connectivity index (χ1n) is 7.23. The van der Waals surface area contributed by atoms with E-state index in [1.54, 1.807) is 11.3 Å². The van der Waals surface area contributed by atoms with Crippen LogP contribution in [-0.4, -0.2) is 35.0 Å². The molecule has 7 heteroatoms. The Morgan fingerprint density at radius 1 is 1.48 bits per heavy atom. The molecule has 112 valence electrons. The number of carbonyl (C=O) groups excluding carboxylic acids is 1. The molecule has 6 nitrogen and oxygen atoms in total. The average Bonchev–Trinajstić information content (AvgIpc) is 2.82. The lowest BCUT2D eigenvalue weighted by atomic mass is 10.1. The van der Waals surface area contributed by atoms with Crippen molar-refractivity contribution in [1.82, 2.24) is 15.3 Å². The van der Waals surface area contributed by atoms with Gasteiger partial charge in [0, 0.05) is 18.0 Å². The Bertz CT molecular complexity index is 669. The van der Waals surface area contributed by atoms with Crippen molar-refractivity contribution in [2.45, 2.75) is 32.7 Å². The highest BCUT2D eigenvalue weighted by Gasteiger charge is 2.23. The number of aryl methyl sites for hydroxylation is 1. The molecule has 0 saturated carbocycles. The van der Waals surface area contributed by atoms with Crippen molar-refractivity contribution in [1.29, 1.82) is 0 Å². The van der Waals surface area contributed by atoms with Crippen LogP contribution in [0.4, 0.5) is 11.8 Å². The molecule has 1 atom stereocenters. The number of hydrogen-bond acceptors (Lipinski definition) is 6. The first-order chi connectivity index (χ1) is 10.2. The molecule has 21 heavy (non-hydrogen) atoms. The van der Waals surface area contributed by atoms with Crippen LogP contribution in [0.15, 0.2) is 6.07 Å². The van der Waals surface area contributed by atoms with Crippen LogP contribution < -0.4 is 16.0 Å². The van der Waals surface area contributed by atoms with E-state index >= 15 is 0 Å². The molecule has 3 heterocycles. The third-order valence-corrected chi connectivity index (χ3v) is 4.39. The minimum atomic E-state index is -0.216. The van der Waals surface area contributed by atoms with Crippen LogP contribution in [0.1, 0.15) is 24.6 Å². The van der Waals surface area contributed by atoms with Gasteiger partial charge in [0.25, 0.3) is 0 Å². The van der Waals surface area contributed by atoms with Crippen LogP contribution >= 0.6 is 11.3 Å². The van der Waals surface area contributed by atoms with Gasteiger partial charge in [0.2, 0.25) is 11.9 Å². The van der Waals surface area contributed by atoms with Gasteiger partial charge in [-0.3, -0.25) is 4.79 Å². The average molecular weight is 305 g/mol. The molecular formula is C14H19N5OS.